The Balaban J connectivity index is 2.48. The highest BCUT2D eigenvalue weighted by Crippen LogP contribution is 2.26. The monoisotopic (exact) mass is 353 g/mol. The van der Waals surface area contributed by atoms with Crippen LogP contribution >= 0.6 is 31.9 Å². The first-order chi connectivity index (χ1) is 7.54. The summed E-state index contributed by atoms with van der Waals surface area (Å²) in [4.78, 5) is 0. The molecule has 5 heteroatoms. The van der Waals surface area contributed by atoms with Crippen molar-refractivity contribution < 1.29 is 9.15 Å². The fraction of sp³-hybridized carbons (Fsp3) is 0.636. The maximum atomic E-state index is 5.49. The van der Waals surface area contributed by atoms with Gasteiger partial charge in [-0.15, -0.1) is 0 Å². The zero-order valence-corrected chi connectivity index (χ0v) is 12.9. The van der Waals surface area contributed by atoms with Crippen molar-refractivity contribution in [3.63, 3.8) is 0 Å². The van der Waals surface area contributed by atoms with Crippen LogP contribution in [0.2, 0.25) is 0 Å². The first-order valence-electron chi connectivity index (χ1n) is 5.20. The van der Waals surface area contributed by atoms with E-state index in [4.69, 9.17) is 9.15 Å². The third-order valence-corrected chi connectivity index (χ3v) is 4.10. The van der Waals surface area contributed by atoms with Crippen molar-refractivity contribution in [2.75, 3.05) is 13.7 Å². The molecule has 0 aliphatic heterocycles. The largest absolute Gasteiger partial charge is 0.452 e. The van der Waals surface area contributed by atoms with Crippen LogP contribution < -0.4 is 5.32 Å². The van der Waals surface area contributed by atoms with Crippen molar-refractivity contribution in [1.82, 2.24) is 5.32 Å². The molecular formula is C11H17Br2NO2. The molecule has 0 saturated carbocycles. The second-order valence-electron chi connectivity index (χ2n) is 4.02. The molecule has 16 heavy (non-hydrogen) atoms. The molecule has 1 N–H and O–H groups in total. The fourth-order valence-corrected chi connectivity index (χ4v) is 2.04. The van der Waals surface area contributed by atoms with Crippen molar-refractivity contribution >= 4 is 31.9 Å². The highest BCUT2D eigenvalue weighted by atomic mass is 79.9. The number of rotatable bonds is 6. The van der Waals surface area contributed by atoms with Gasteiger partial charge in [-0.05, 0) is 43.8 Å². The Kier molecular flexibility index (Phi) is 6.03. The molecule has 0 bridgehead atoms. The van der Waals surface area contributed by atoms with Gasteiger partial charge in [0.15, 0.2) is 4.67 Å². The maximum Gasteiger partial charge on any atom is 0.183 e. The molecule has 0 aliphatic carbocycles. The summed E-state index contributed by atoms with van der Waals surface area (Å²) in [7, 11) is 1.72. The molecular weight excluding hydrogens is 338 g/mol. The van der Waals surface area contributed by atoms with Gasteiger partial charge in [0.05, 0.1) is 17.6 Å². The number of furan rings is 1. The summed E-state index contributed by atoms with van der Waals surface area (Å²) in [6.45, 7) is 5.76. The van der Waals surface area contributed by atoms with Crippen LogP contribution in [0.25, 0.3) is 0 Å². The average molecular weight is 355 g/mol. The molecule has 0 fully saturated rings. The van der Waals surface area contributed by atoms with E-state index in [1.54, 1.807) is 7.11 Å². The number of nitrogens with one attached hydrogen (secondary N) is 1. The Morgan fingerprint density at radius 1 is 1.44 bits per heavy atom. The molecule has 1 aromatic heterocycles. The molecule has 0 radical (unpaired) electrons. The van der Waals surface area contributed by atoms with Crippen LogP contribution in [-0.2, 0) is 11.3 Å². The normalized spacial score (nSPS) is 13.4. The summed E-state index contributed by atoms with van der Waals surface area (Å²) in [5, 5.41) is 3.42. The number of halogens is 2. The van der Waals surface area contributed by atoms with E-state index in [1.165, 1.54) is 0 Å². The summed E-state index contributed by atoms with van der Waals surface area (Å²) < 4.78 is 12.3. The molecule has 1 heterocycles. The van der Waals surface area contributed by atoms with E-state index >= 15 is 0 Å². The Morgan fingerprint density at radius 2 is 2.12 bits per heavy atom. The van der Waals surface area contributed by atoms with Gasteiger partial charge in [0.2, 0.25) is 0 Å². The fourth-order valence-electron chi connectivity index (χ4n) is 1.38. The molecule has 0 amide bonds. The highest BCUT2D eigenvalue weighted by molar-refractivity contribution is 9.13. The van der Waals surface area contributed by atoms with E-state index in [9.17, 15) is 0 Å². The van der Waals surface area contributed by atoms with Crippen molar-refractivity contribution in [2.45, 2.75) is 26.4 Å². The molecule has 0 aromatic carbocycles. The summed E-state index contributed by atoms with van der Waals surface area (Å²) in [6, 6.07) is 2.30. The van der Waals surface area contributed by atoms with Gasteiger partial charge in [-0.2, -0.15) is 0 Å². The molecule has 0 saturated heterocycles. The van der Waals surface area contributed by atoms with E-state index in [-0.39, 0.29) is 0 Å². The average Bonchev–Trinajstić information content (AvgIpc) is 2.53. The van der Waals surface area contributed by atoms with E-state index in [0.29, 0.717) is 25.1 Å². The first-order valence-corrected chi connectivity index (χ1v) is 6.79. The second kappa shape index (κ2) is 6.79. The molecule has 92 valence electrons. The van der Waals surface area contributed by atoms with Crippen LogP contribution in [0.4, 0.5) is 0 Å². The maximum absolute atomic E-state index is 5.49. The van der Waals surface area contributed by atoms with Gasteiger partial charge >= 0.3 is 0 Å². The van der Waals surface area contributed by atoms with Crippen molar-refractivity contribution in [3.05, 3.63) is 21.0 Å². The lowest BCUT2D eigenvalue weighted by Crippen LogP contribution is -2.37. The standard InChI is InChI=1S/C11H17Br2NO2/c1-7(2)10(6-15-3)14-5-8-4-9(12)11(13)16-8/h4,7,10,14H,5-6H2,1-3H3. The number of hydrogen-bond donors (Lipinski definition) is 1. The van der Waals surface area contributed by atoms with Crippen molar-refractivity contribution in [3.8, 4) is 0 Å². The van der Waals surface area contributed by atoms with Crippen LogP contribution in [0.3, 0.4) is 0 Å². The Bertz CT molecular complexity index is 306. The van der Waals surface area contributed by atoms with Gasteiger partial charge in [0.25, 0.3) is 0 Å². The van der Waals surface area contributed by atoms with Gasteiger partial charge in [-0.1, -0.05) is 13.8 Å². The molecule has 1 unspecified atom stereocenters. The Morgan fingerprint density at radius 3 is 2.56 bits per heavy atom. The smallest absolute Gasteiger partial charge is 0.183 e. The van der Waals surface area contributed by atoms with Crippen LogP contribution in [0.1, 0.15) is 19.6 Å². The number of hydrogen-bond acceptors (Lipinski definition) is 3. The van der Waals surface area contributed by atoms with Crippen LogP contribution in [-0.4, -0.2) is 19.8 Å². The van der Waals surface area contributed by atoms with Gasteiger partial charge < -0.3 is 14.5 Å². The van der Waals surface area contributed by atoms with Gasteiger partial charge in [-0.3, -0.25) is 0 Å². The zero-order valence-electron chi connectivity index (χ0n) is 9.72. The van der Waals surface area contributed by atoms with E-state index < -0.39 is 0 Å². The number of methoxy groups -OCH3 is 1. The Hall–Kier alpha value is 0.160. The van der Waals surface area contributed by atoms with E-state index in [1.807, 2.05) is 6.07 Å². The number of ether oxygens (including phenoxy) is 1. The van der Waals surface area contributed by atoms with Crippen LogP contribution in [0.15, 0.2) is 19.6 Å². The predicted molar refractivity (Wildman–Crippen MR) is 71.4 cm³/mol. The highest BCUT2D eigenvalue weighted by Gasteiger charge is 2.13. The predicted octanol–water partition coefficient (Wildman–Crippen LogP) is 3.57. The summed E-state index contributed by atoms with van der Waals surface area (Å²) >= 11 is 6.71. The minimum Gasteiger partial charge on any atom is -0.452 e. The van der Waals surface area contributed by atoms with Gasteiger partial charge in [0, 0.05) is 13.2 Å². The second-order valence-corrected chi connectivity index (χ2v) is 5.60. The third kappa shape index (κ3) is 4.20. The minimum atomic E-state index is 0.340. The molecule has 1 atom stereocenters. The molecule has 1 aromatic rings. The van der Waals surface area contributed by atoms with Gasteiger partial charge in [-0.25, -0.2) is 0 Å². The van der Waals surface area contributed by atoms with Crippen LogP contribution in [0, 0.1) is 5.92 Å². The molecule has 1 rings (SSSR count). The lowest BCUT2D eigenvalue weighted by molar-refractivity contribution is 0.145. The molecule has 3 nitrogen and oxygen atoms in total. The minimum absolute atomic E-state index is 0.340. The van der Waals surface area contributed by atoms with Crippen molar-refractivity contribution in [1.29, 1.82) is 0 Å². The quantitative estimate of drug-likeness (QED) is 0.848. The SMILES string of the molecule is COCC(NCc1cc(Br)c(Br)o1)C(C)C. The summed E-state index contributed by atoms with van der Waals surface area (Å²) in [6.07, 6.45) is 0. The van der Waals surface area contributed by atoms with Gasteiger partial charge in [0.1, 0.15) is 5.76 Å². The van der Waals surface area contributed by atoms with E-state index in [2.05, 4.69) is 51.0 Å². The molecule has 0 aliphatic rings. The summed E-state index contributed by atoms with van der Waals surface area (Å²) in [5.74, 6) is 1.43. The van der Waals surface area contributed by atoms with Crippen molar-refractivity contribution in [2.24, 2.45) is 5.92 Å². The lowest BCUT2D eigenvalue weighted by atomic mass is 10.1. The molecule has 0 spiro atoms. The lowest BCUT2D eigenvalue weighted by Gasteiger charge is -2.20. The summed E-state index contributed by atoms with van der Waals surface area (Å²) in [5.41, 5.74) is 0. The van der Waals surface area contributed by atoms with Crippen LogP contribution in [0.5, 0.6) is 0 Å². The third-order valence-electron chi connectivity index (χ3n) is 2.39. The Labute approximate surface area is 113 Å². The zero-order chi connectivity index (χ0) is 12.1. The topological polar surface area (TPSA) is 34.4 Å². The van der Waals surface area contributed by atoms with E-state index in [0.717, 1.165) is 14.9 Å². The first kappa shape index (κ1) is 14.2.